The summed E-state index contributed by atoms with van der Waals surface area (Å²) in [7, 11) is 0. The van der Waals surface area contributed by atoms with Crippen molar-refractivity contribution in [3.63, 3.8) is 0 Å². The number of hydrogen-bond acceptors (Lipinski definition) is 6. The van der Waals surface area contributed by atoms with Gasteiger partial charge in [0.05, 0.1) is 34.9 Å². The number of carbonyl (C=O) groups is 1. The molecular formula is C25H20N4O5. The van der Waals surface area contributed by atoms with Gasteiger partial charge in [-0.05, 0) is 41.8 Å². The van der Waals surface area contributed by atoms with Crippen LogP contribution < -0.4 is 15.4 Å². The van der Waals surface area contributed by atoms with Gasteiger partial charge in [0.25, 0.3) is 0 Å². The number of amides is 2. The van der Waals surface area contributed by atoms with E-state index in [2.05, 4.69) is 16.7 Å². The summed E-state index contributed by atoms with van der Waals surface area (Å²) in [6.07, 6.45) is 0. The first-order valence-electron chi connectivity index (χ1n) is 10.4. The molecule has 1 unspecified atom stereocenters. The molecule has 3 aromatic rings. The number of ether oxygens (including phenoxy) is 1. The topological polar surface area (TPSA) is 138 Å². The molecule has 1 heterocycles. The molecule has 9 heteroatoms. The van der Waals surface area contributed by atoms with Crippen LogP contribution in [0.3, 0.4) is 0 Å². The fourth-order valence-corrected chi connectivity index (χ4v) is 3.90. The lowest BCUT2D eigenvalue weighted by Gasteiger charge is -2.31. The summed E-state index contributed by atoms with van der Waals surface area (Å²) in [4.78, 5) is 23.7. The van der Waals surface area contributed by atoms with Crippen LogP contribution in [0.1, 0.15) is 35.2 Å². The predicted octanol–water partition coefficient (Wildman–Crippen LogP) is 4.49. The maximum Gasteiger partial charge on any atom is 0.320 e. The summed E-state index contributed by atoms with van der Waals surface area (Å²) in [5.74, 6) is -0.636. The Balaban J connectivity index is 2.00. The minimum absolute atomic E-state index is 0.0556. The van der Waals surface area contributed by atoms with Crippen molar-refractivity contribution >= 4 is 23.0 Å². The Morgan fingerprint density at radius 3 is 2.53 bits per heavy atom. The number of aromatic hydroxyl groups is 1. The van der Waals surface area contributed by atoms with E-state index in [-0.39, 0.29) is 12.4 Å². The normalized spacial score (nSPS) is 15.2. The number of urea groups is 1. The Bertz CT molecular complexity index is 1350. The standard InChI is InChI=1S/C25H20N4O5/c1-2-34-20-13-18(12-19(24(20)30)29(32)33)23-21(16-8-4-3-5-9-16)22(27-25(31)28-23)17-10-6-7-15(11-17)14-26/h3-13,23,30H,2H2,1H3,(H2,27,28,31). The Kier molecular flexibility index (Phi) is 6.14. The van der Waals surface area contributed by atoms with Gasteiger partial charge in [0.15, 0.2) is 5.75 Å². The lowest BCUT2D eigenvalue weighted by atomic mass is 9.87. The van der Waals surface area contributed by atoms with E-state index in [4.69, 9.17) is 4.74 Å². The van der Waals surface area contributed by atoms with Crippen LogP contribution >= 0.6 is 0 Å². The zero-order valence-corrected chi connectivity index (χ0v) is 18.1. The largest absolute Gasteiger partial charge is 0.500 e. The smallest absolute Gasteiger partial charge is 0.320 e. The van der Waals surface area contributed by atoms with E-state index in [9.17, 15) is 25.3 Å². The van der Waals surface area contributed by atoms with E-state index in [1.54, 1.807) is 31.2 Å². The van der Waals surface area contributed by atoms with E-state index in [0.717, 1.165) is 5.56 Å². The van der Waals surface area contributed by atoms with Gasteiger partial charge in [-0.2, -0.15) is 5.26 Å². The van der Waals surface area contributed by atoms with Gasteiger partial charge in [-0.1, -0.05) is 42.5 Å². The molecule has 0 spiro atoms. The summed E-state index contributed by atoms with van der Waals surface area (Å²) >= 11 is 0. The number of nitrogens with zero attached hydrogens (tertiary/aromatic N) is 2. The molecule has 0 radical (unpaired) electrons. The first-order valence-corrected chi connectivity index (χ1v) is 10.4. The number of nitro benzene ring substituents is 1. The minimum Gasteiger partial charge on any atom is -0.500 e. The Labute approximate surface area is 195 Å². The number of benzene rings is 3. The maximum absolute atomic E-state index is 12.7. The van der Waals surface area contributed by atoms with E-state index < -0.39 is 28.4 Å². The van der Waals surface area contributed by atoms with E-state index in [1.165, 1.54) is 12.1 Å². The van der Waals surface area contributed by atoms with Crippen molar-refractivity contribution in [1.29, 1.82) is 5.26 Å². The molecule has 9 nitrogen and oxygen atoms in total. The summed E-state index contributed by atoms with van der Waals surface area (Å²) < 4.78 is 5.43. The van der Waals surface area contributed by atoms with Crippen LogP contribution in [-0.2, 0) is 0 Å². The van der Waals surface area contributed by atoms with Crippen molar-refractivity contribution in [3.8, 4) is 17.6 Å². The second kappa shape index (κ2) is 9.34. The van der Waals surface area contributed by atoms with Gasteiger partial charge in [0, 0.05) is 11.6 Å². The fraction of sp³-hybridized carbons (Fsp3) is 0.120. The molecule has 0 bridgehead atoms. The van der Waals surface area contributed by atoms with Gasteiger partial charge in [-0.3, -0.25) is 10.1 Å². The highest BCUT2D eigenvalue weighted by Gasteiger charge is 2.33. The van der Waals surface area contributed by atoms with Crippen LogP contribution in [0.25, 0.3) is 11.3 Å². The van der Waals surface area contributed by atoms with Gasteiger partial charge >= 0.3 is 11.7 Å². The highest BCUT2D eigenvalue weighted by Crippen LogP contribution is 2.44. The van der Waals surface area contributed by atoms with Gasteiger partial charge < -0.3 is 20.5 Å². The van der Waals surface area contributed by atoms with Crippen LogP contribution in [0, 0.1) is 21.4 Å². The lowest BCUT2D eigenvalue weighted by Crippen LogP contribution is -2.43. The van der Waals surface area contributed by atoms with Crippen molar-refractivity contribution in [3.05, 3.63) is 99.1 Å². The average Bonchev–Trinajstić information content (AvgIpc) is 2.85. The molecule has 170 valence electrons. The monoisotopic (exact) mass is 456 g/mol. The maximum atomic E-state index is 12.7. The number of nitrogens with one attached hydrogen (secondary N) is 2. The van der Waals surface area contributed by atoms with Gasteiger partial charge in [0.2, 0.25) is 5.75 Å². The average molecular weight is 456 g/mol. The SMILES string of the molecule is CCOc1cc(C2NC(=O)NC(c3cccc(C#N)c3)=C2c2ccccc2)cc([N+](=O)[O-])c1O. The quantitative estimate of drug-likeness (QED) is 0.369. The third-order valence-electron chi connectivity index (χ3n) is 5.34. The number of phenolic OH excluding ortho intramolecular Hbond substituents is 1. The van der Waals surface area contributed by atoms with Crippen molar-refractivity contribution in [2.45, 2.75) is 13.0 Å². The zero-order chi connectivity index (χ0) is 24.2. The summed E-state index contributed by atoms with van der Waals surface area (Å²) in [6, 6.07) is 19.5. The molecule has 4 rings (SSSR count). The molecule has 3 N–H and O–H groups in total. The van der Waals surface area contributed by atoms with E-state index >= 15 is 0 Å². The minimum atomic E-state index is -0.810. The van der Waals surface area contributed by atoms with Gasteiger partial charge in [0.1, 0.15) is 0 Å². The van der Waals surface area contributed by atoms with Crippen molar-refractivity contribution < 1.29 is 19.6 Å². The molecule has 0 aromatic heterocycles. The molecule has 1 atom stereocenters. The Morgan fingerprint density at radius 2 is 1.85 bits per heavy atom. The lowest BCUT2D eigenvalue weighted by molar-refractivity contribution is -0.386. The van der Waals surface area contributed by atoms with Crippen LogP contribution in [0.5, 0.6) is 11.5 Å². The first kappa shape index (κ1) is 22.4. The van der Waals surface area contributed by atoms with E-state index in [0.29, 0.717) is 28.0 Å². The molecule has 34 heavy (non-hydrogen) atoms. The Hall–Kier alpha value is -4.84. The van der Waals surface area contributed by atoms with Gasteiger partial charge in [-0.15, -0.1) is 0 Å². The van der Waals surface area contributed by atoms with Crippen LogP contribution in [0.15, 0.2) is 66.7 Å². The number of nitro groups is 1. The fourth-order valence-electron chi connectivity index (χ4n) is 3.90. The molecule has 0 aliphatic carbocycles. The molecule has 1 aliphatic rings. The summed E-state index contributed by atoms with van der Waals surface area (Å²) in [5.41, 5.74) is 2.70. The highest BCUT2D eigenvalue weighted by atomic mass is 16.6. The predicted molar refractivity (Wildman–Crippen MR) is 125 cm³/mol. The second-order valence-corrected chi connectivity index (χ2v) is 7.46. The molecule has 2 amide bonds. The second-order valence-electron chi connectivity index (χ2n) is 7.46. The Morgan fingerprint density at radius 1 is 1.12 bits per heavy atom. The first-order chi connectivity index (χ1) is 16.4. The number of phenols is 1. The van der Waals surface area contributed by atoms with Crippen molar-refractivity contribution in [1.82, 2.24) is 10.6 Å². The number of hydrogen-bond donors (Lipinski definition) is 3. The summed E-state index contributed by atoms with van der Waals surface area (Å²) in [6.45, 7) is 1.88. The molecule has 0 saturated heterocycles. The van der Waals surface area contributed by atoms with Crippen LogP contribution in [-0.4, -0.2) is 22.7 Å². The zero-order valence-electron chi connectivity index (χ0n) is 18.1. The third kappa shape index (κ3) is 4.25. The third-order valence-corrected chi connectivity index (χ3v) is 5.34. The van der Waals surface area contributed by atoms with Crippen LogP contribution in [0.4, 0.5) is 10.5 Å². The van der Waals surface area contributed by atoms with Crippen molar-refractivity contribution in [2.24, 2.45) is 0 Å². The molecule has 1 aliphatic heterocycles. The van der Waals surface area contributed by atoms with Crippen molar-refractivity contribution in [2.75, 3.05) is 6.61 Å². The summed E-state index contributed by atoms with van der Waals surface area (Å²) in [5, 5.41) is 37.0. The van der Waals surface area contributed by atoms with E-state index in [1.807, 2.05) is 30.3 Å². The van der Waals surface area contributed by atoms with Gasteiger partial charge in [-0.25, -0.2) is 4.79 Å². The number of carbonyl (C=O) groups excluding carboxylic acids is 1. The number of rotatable bonds is 6. The molecule has 3 aromatic carbocycles. The van der Waals surface area contributed by atoms with Crippen LogP contribution in [0.2, 0.25) is 0 Å². The highest BCUT2D eigenvalue weighted by molar-refractivity contribution is 6.03. The number of nitriles is 1. The molecule has 0 saturated carbocycles. The molecular weight excluding hydrogens is 436 g/mol. The molecule has 0 fully saturated rings.